The molecule has 7 heteroatoms. The molecule has 1 saturated heterocycles. The third kappa shape index (κ3) is 1.90. The first-order valence-corrected chi connectivity index (χ1v) is 6.64. The third-order valence-electron chi connectivity index (χ3n) is 3.82. The number of nitrogens with zero attached hydrogens (tertiary/aromatic N) is 2. The molecule has 1 aliphatic rings. The van der Waals surface area contributed by atoms with Crippen LogP contribution >= 0.6 is 0 Å². The zero-order chi connectivity index (χ0) is 14.4. The van der Waals surface area contributed by atoms with Crippen LogP contribution in [0.5, 0.6) is 0 Å². The molecule has 7 nitrogen and oxygen atoms in total. The van der Waals surface area contributed by atoms with Crippen molar-refractivity contribution in [1.29, 1.82) is 0 Å². The van der Waals surface area contributed by atoms with Crippen molar-refractivity contribution in [3.05, 3.63) is 22.1 Å². The van der Waals surface area contributed by atoms with Gasteiger partial charge in [0.05, 0.1) is 18.1 Å². The fourth-order valence-corrected chi connectivity index (χ4v) is 2.92. The lowest BCUT2D eigenvalue weighted by Crippen LogP contribution is -2.17. The van der Waals surface area contributed by atoms with Crippen LogP contribution in [0.3, 0.4) is 0 Å². The van der Waals surface area contributed by atoms with Gasteiger partial charge in [0, 0.05) is 12.1 Å². The maximum absolute atomic E-state index is 12.0. The molecule has 3 atom stereocenters. The fourth-order valence-electron chi connectivity index (χ4n) is 2.92. The van der Waals surface area contributed by atoms with Crippen molar-refractivity contribution in [2.24, 2.45) is 5.92 Å². The number of aliphatic hydroxyl groups is 1. The van der Waals surface area contributed by atoms with Crippen LogP contribution < -0.4 is 11.3 Å². The highest BCUT2D eigenvalue weighted by Gasteiger charge is 2.34. The van der Waals surface area contributed by atoms with Crippen LogP contribution in [0.4, 0.5) is 5.95 Å². The second kappa shape index (κ2) is 4.60. The predicted octanol–water partition coefficient (Wildman–Crippen LogP) is 0.531. The quantitative estimate of drug-likeness (QED) is 0.743. The number of hydrogen-bond donors (Lipinski definition) is 3. The van der Waals surface area contributed by atoms with Crippen LogP contribution in [-0.2, 0) is 4.74 Å². The molecule has 0 spiro atoms. The summed E-state index contributed by atoms with van der Waals surface area (Å²) in [5.41, 5.74) is 6.74. The number of nitrogens with one attached hydrogen (secondary N) is 1. The number of aryl methyl sites for hydroxylation is 1. The maximum atomic E-state index is 12.0. The van der Waals surface area contributed by atoms with Crippen molar-refractivity contribution >= 4 is 17.0 Å². The summed E-state index contributed by atoms with van der Waals surface area (Å²) in [6.45, 7) is 3.91. The van der Waals surface area contributed by atoms with E-state index in [1.807, 2.05) is 17.7 Å². The molecule has 0 radical (unpaired) electrons. The second-order valence-electron chi connectivity index (χ2n) is 5.41. The van der Waals surface area contributed by atoms with Crippen LogP contribution in [0, 0.1) is 12.8 Å². The number of nitrogens with two attached hydrogens (primary N) is 1. The number of aromatic amines is 1. The molecule has 3 rings (SSSR count). The molecule has 4 N–H and O–H groups in total. The van der Waals surface area contributed by atoms with Crippen molar-refractivity contribution in [2.45, 2.75) is 32.6 Å². The van der Waals surface area contributed by atoms with Gasteiger partial charge in [-0.3, -0.25) is 9.78 Å². The summed E-state index contributed by atoms with van der Waals surface area (Å²) < 4.78 is 7.67. The molecule has 2 aromatic heterocycles. The van der Waals surface area contributed by atoms with Gasteiger partial charge in [0.15, 0.2) is 5.65 Å². The molecule has 0 aliphatic carbocycles. The Morgan fingerprint density at radius 2 is 2.40 bits per heavy atom. The SMILES string of the molecule is Cc1cn(C2OC(CO)C[C@@H]2C)c2nc(N)[nH]c(=O)c12. The van der Waals surface area contributed by atoms with Crippen molar-refractivity contribution in [1.82, 2.24) is 14.5 Å². The summed E-state index contributed by atoms with van der Waals surface area (Å²) in [6.07, 6.45) is 2.22. The predicted molar refractivity (Wildman–Crippen MR) is 74.3 cm³/mol. The molecular formula is C13H18N4O3. The molecule has 20 heavy (non-hydrogen) atoms. The topological polar surface area (TPSA) is 106 Å². The monoisotopic (exact) mass is 278 g/mol. The second-order valence-corrected chi connectivity index (χ2v) is 5.41. The molecule has 0 saturated carbocycles. The Balaban J connectivity index is 2.15. The van der Waals surface area contributed by atoms with Crippen molar-refractivity contribution in [3.8, 4) is 0 Å². The summed E-state index contributed by atoms with van der Waals surface area (Å²) in [4.78, 5) is 18.7. The van der Waals surface area contributed by atoms with Gasteiger partial charge in [0.2, 0.25) is 5.95 Å². The molecule has 108 valence electrons. The van der Waals surface area contributed by atoms with Crippen LogP contribution in [-0.4, -0.2) is 32.4 Å². The molecule has 2 aromatic rings. The Labute approximate surface area is 115 Å². The van der Waals surface area contributed by atoms with E-state index < -0.39 is 0 Å². The van der Waals surface area contributed by atoms with E-state index in [2.05, 4.69) is 16.9 Å². The molecular weight excluding hydrogens is 260 g/mol. The molecule has 0 bridgehead atoms. The summed E-state index contributed by atoms with van der Waals surface area (Å²) in [7, 11) is 0. The lowest BCUT2D eigenvalue weighted by Gasteiger charge is -2.18. The number of ether oxygens (including phenoxy) is 1. The zero-order valence-corrected chi connectivity index (χ0v) is 11.5. The van der Waals surface area contributed by atoms with E-state index in [0.717, 1.165) is 12.0 Å². The standard InChI is InChI=1S/C13H18N4O3/c1-6-3-8(5-18)20-12(6)17-4-7(2)9-10(17)15-13(14)16-11(9)19/h4,6,8,12,18H,3,5H2,1-2H3,(H3,14,15,16,19)/t6-,8?,12?/m0/s1. The van der Waals surface area contributed by atoms with Crippen LogP contribution in [0.1, 0.15) is 25.1 Å². The van der Waals surface area contributed by atoms with Gasteiger partial charge in [0.1, 0.15) is 6.23 Å². The van der Waals surface area contributed by atoms with Gasteiger partial charge in [-0.05, 0) is 18.9 Å². The number of hydrogen-bond acceptors (Lipinski definition) is 5. The number of rotatable bonds is 2. The largest absolute Gasteiger partial charge is 0.394 e. The normalized spacial score (nSPS) is 26.4. The maximum Gasteiger partial charge on any atom is 0.262 e. The van der Waals surface area contributed by atoms with Crippen molar-refractivity contribution in [2.75, 3.05) is 12.3 Å². The van der Waals surface area contributed by atoms with E-state index >= 15 is 0 Å². The number of nitrogen functional groups attached to an aromatic ring is 1. The van der Waals surface area contributed by atoms with E-state index in [-0.39, 0.29) is 36.4 Å². The molecule has 0 aromatic carbocycles. The Morgan fingerprint density at radius 1 is 1.65 bits per heavy atom. The highest BCUT2D eigenvalue weighted by Crippen LogP contribution is 2.36. The Kier molecular flexibility index (Phi) is 3.02. The Bertz CT molecular complexity index is 705. The average Bonchev–Trinajstić information content (AvgIpc) is 2.90. The van der Waals surface area contributed by atoms with Gasteiger partial charge in [0.25, 0.3) is 5.56 Å². The minimum absolute atomic E-state index is 0.00479. The number of aliphatic hydroxyl groups excluding tert-OH is 1. The highest BCUT2D eigenvalue weighted by atomic mass is 16.5. The minimum atomic E-state index is -0.242. The van der Waals surface area contributed by atoms with Crippen LogP contribution in [0.25, 0.3) is 11.0 Å². The summed E-state index contributed by atoms with van der Waals surface area (Å²) in [6, 6.07) is 0. The molecule has 1 fully saturated rings. The highest BCUT2D eigenvalue weighted by molar-refractivity contribution is 5.80. The summed E-state index contributed by atoms with van der Waals surface area (Å²) in [5.74, 6) is 0.315. The number of anilines is 1. The summed E-state index contributed by atoms with van der Waals surface area (Å²) in [5, 5.41) is 9.76. The molecule has 1 aliphatic heterocycles. The van der Waals surface area contributed by atoms with Gasteiger partial charge in [-0.25, -0.2) is 0 Å². The first-order valence-electron chi connectivity index (χ1n) is 6.64. The van der Waals surface area contributed by atoms with E-state index in [9.17, 15) is 9.90 Å². The van der Waals surface area contributed by atoms with E-state index in [1.54, 1.807) is 0 Å². The third-order valence-corrected chi connectivity index (χ3v) is 3.82. The number of H-pyrrole nitrogens is 1. The van der Waals surface area contributed by atoms with Gasteiger partial charge in [-0.15, -0.1) is 0 Å². The first-order chi connectivity index (χ1) is 9.51. The van der Waals surface area contributed by atoms with Crippen molar-refractivity contribution in [3.63, 3.8) is 0 Å². The van der Waals surface area contributed by atoms with Crippen LogP contribution in [0.15, 0.2) is 11.0 Å². The lowest BCUT2D eigenvalue weighted by atomic mass is 10.1. The fraction of sp³-hybridized carbons (Fsp3) is 0.538. The Morgan fingerprint density at radius 3 is 3.05 bits per heavy atom. The lowest BCUT2D eigenvalue weighted by molar-refractivity contribution is -0.0292. The first kappa shape index (κ1) is 13.1. The molecule has 0 amide bonds. The molecule has 3 heterocycles. The summed E-state index contributed by atoms with van der Waals surface area (Å²) >= 11 is 0. The van der Waals surface area contributed by atoms with Crippen LogP contribution in [0.2, 0.25) is 0 Å². The molecule has 2 unspecified atom stereocenters. The van der Waals surface area contributed by atoms with E-state index in [0.29, 0.717) is 11.0 Å². The van der Waals surface area contributed by atoms with Gasteiger partial charge in [-0.1, -0.05) is 6.92 Å². The zero-order valence-electron chi connectivity index (χ0n) is 11.5. The average molecular weight is 278 g/mol. The van der Waals surface area contributed by atoms with E-state index in [1.165, 1.54) is 0 Å². The van der Waals surface area contributed by atoms with Gasteiger partial charge in [-0.2, -0.15) is 4.98 Å². The van der Waals surface area contributed by atoms with Gasteiger partial charge < -0.3 is 20.1 Å². The minimum Gasteiger partial charge on any atom is -0.394 e. The van der Waals surface area contributed by atoms with E-state index in [4.69, 9.17) is 10.5 Å². The van der Waals surface area contributed by atoms with Crippen molar-refractivity contribution < 1.29 is 9.84 Å². The smallest absolute Gasteiger partial charge is 0.262 e. The number of aromatic nitrogens is 3. The number of fused-ring (bicyclic) bond motifs is 1. The van der Waals surface area contributed by atoms with Gasteiger partial charge >= 0.3 is 0 Å². The Hall–Kier alpha value is -1.86.